The molecule has 6 rings (SSSR count). The van der Waals surface area contributed by atoms with Crippen molar-refractivity contribution >= 4 is 46.3 Å². The average Bonchev–Trinajstić information content (AvgIpc) is 2.86. The van der Waals surface area contributed by atoms with E-state index in [2.05, 4.69) is 78.1 Å². The van der Waals surface area contributed by atoms with Crippen LogP contribution >= 0.6 is 23.5 Å². The smallest absolute Gasteiger partial charge is 0.115 e. The summed E-state index contributed by atoms with van der Waals surface area (Å²) in [6.45, 7) is 1.82. The van der Waals surface area contributed by atoms with Crippen molar-refractivity contribution in [2.45, 2.75) is 45.1 Å². The lowest BCUT2D eigenvalue weighted by atomic mass is 10.0. The van der Waals surface area contributed by atoms with Crippen molar-refractivity contribution in [1.82, 2.24) is 0 Å². The highest BCUT2D eigenvalue weighted by molar-refractivity contribution is 8.00. The summed E-state index contributed by atoms with van der Waals surface area (Å²) in [5, 5.41) is 16.0. The second-order valence-electron chi connectivity index (χ2n) is 8.46. The zero-order valence-corrected chi connectivity index (χ0v) is 20.3. The lowest BCUT2D eigenvalue weighted by Crippen LogP contribution is -2.26. The van der Waals surface area contributed by atoms with Gasteiger partial charge >= 0.3 is 0 Å². The van der Waals surface area contributed by atoms with Crippen LogP contribution in [0.25, 0.3) is 0 Å². The third-order valence-electron chi connectivity index (χ3n) is 5.94. The van der Waals surface area contributed by atoms with Crippen LogP contribution in [-0.2, 0) is 4.84 Å². The van der Waals surface area contributed by atoms with Gasteiger partial charge in [-0.1, -0.05) is 72.1 Å². The summed E-state index contributed by atoms with van der Waals surface area (Å²) in [7, 11) is 0. The second-order valence-corrected chi connectivity index (χ2v) is 10.6. The number of fused-ring (bicyclic) bond motifs is 4. The van der Waals surface area contributed by atoms with Gasteiger partial charge in [0.15, 0.2) is 0 Å². The molecule has 0 aliphatic carbocycles. The molecular formula is C28H24N2O2S2. The number of aliphatic hydroxyl groups excluding tert-OH is 1. The van der Waals surface area contributed by atoms with Gasteiger partial charge in [-0.3, -0.25) is 4.84 Å². The minimum atomic E-state index is -0.514. The van der Waals surface area contributed by atoms with Crippen molar-refractivity contribution in [3.63, 3.8) is 0 Å². The topological polar surface area (TPSA) is 44.7 Å². The van der Waals surface area contributed by atoms with Crippen LogP contribution in [-0.4, -0.2) is 11.2 Å². The van der Waals surface area contributed by atoms with Crippen LogP contribution in [0.3, 0.4) is 0 Å². The third kappa shape index (κ3) is 3.97. The lowest BCUT2D eigenvalue weighted by Gasteiger charge is -2.35. The predicted octanol–water partition coefficient (Wildman–Crippen LogP) is 7.94. The molecule has 2 aliphatic heterocycles. The second kappa shape index (κ2) is 9.04. The van der Waals surface area contributed by atoms with Crippen molar-refractivity contribution in [3.8, 4) is 0 Å². The Labute approximate surface area is 207 Å². The van der Waals surface area contributed by atoms with E-state index in [1.54, 1.807) is 23.5 Å². The van der Waals surface area contributed by atoms with E-state index in [1.807, 2.05) is 30.2 Å². The van der Waals surface area contributed by atoms with E-state index < -0.39 is 6.10 Å². The first-order valence-corrected chi connectivity index (χ1v) is 13.0. The van der Waals surface area contributed by atoms with E-state index in [-0.39, 0.29) is 6.10 Å². The SMILES string of the molecule is CC(O)CC(ON1c2ccccc2Sc2ccccc21)c1cccc2c1Sc1ccccc1N2. The molecule has 0 saturated heterocycles. The van der Waals surface area contributed by atoms with Crippen molar-refractivity contribution < 1.29 is 9.94 Å². The monoisotopic (exact) mass is 484 g/mol. The fourth-order valence-electron chi connectivity index (χ4n) is 4.38. The summed E-state index contributed by atoms with van der Waals surface area (Å²) in [6, 6.07) is 31.2. The number of anilines is 4. The van der Waals surface area contributed by atoms with Crippen LogP contribution in [0.4, 0.5) is 22.7 Å². The first-order valence-electron chi connectivity index (χ1n) is 11.3. The summed E-state index contributed by atoms with van der Waals surface area (Å²) >= 11 is 3.50. The Balaban J connectivity index is 1.42. The highest BCUT2D eigenvalue weighted by Crippen LogP contribution is 2.51. The van der Waals surface area contributed by atoms with Crippen LogP contribution in [0.5, 0.6) is 0 Å². The summed E-state index contributed by atoms with van der Waals surface area (Å²) in [6.07, 6.45) is -0.370. The van der Waals surface area contributed by atoms with E-state index in [0.717, 1.165) is 43.0 Å². The molecule has 6 heteroatoms. The molecule has 34 heavy (non-hydrogen) atoms. The maximum absolute atomic E-state index is 10.4. The van der Waals surface area contributed by atoms with Gasteiger partial charge < -0.3 is 10.4 Å². The molecule has 4 aromatic carbocycles. The molecule has 2 aliphatic rings. The molecule has 0 amide bonds. The fourth-order valence-corrected chi connectivity index (χ4v) is 6.57. The van der Waals surface area contributed by atoms with Crippen LogP contribution in [0.1, 0.15) is 25.0 Å². The molecule has 0 spiro atoms. The zero-order chi connectivity index (χ0) is 23.1. The van der Waals surface area contributed by atoms with Crippen molar-refractivity contribution in [2.75, 3.05) is 10.4 Å². The Morgan fingerprint density at radius 1 is 0.765 bits per heavy atom. The van der Waals surface area contributed by atoms with Gasteiger partial charge in [-0.25, -0.2) is 5.06 Å². The van der Waals surface area contributed by atoms with Gasteiger partial charge in [0, 0.05) is 26.0 Å². The van der Waals surface area contributed by atoms with Gasteiger partial charge in [-0.15, -0.1) is 0 Å². The van der Waals surface area contributed by atoms with E-state index in [1.165, 1.54) is 4.90 Å². The quantitative estimate of drug-likeness (QED) is 0.264. The molecule has 2 heterocycles. The molecule has 0 aromatic heterocycles. The number of hydrogen-bond acceptors (Lipinski definition) is 6. The normalized spacial score (nSPS) is 15.3. The van der Waals surface area contributed by atoms with Gasteiger partial charge in [-0.05, 0) is 55.0 Å². The van der Waals surface area contributed by atoms with Crippen LogP contribution in [0.2, 0.25) is 0 Å². The number of rotatable bonds is 5. The minimum absolute atomic E-state index is 0.335. The fraction of sp³-hybridized carbons (Fsp3) is 0.143. The number of nitrogens with zero attached hydrogens (tertiary/aromatic N) is 1. The highest BCUT2D eigenvalue weighted by atomic mass is 32.2. The lowest BCUT2D eigenvalue weighted by molar-refractivity contribution is 0.0137. The number of aliphatic hydroxyl groups is 1. The summed E-state index contributed by atoms with van der Waals surface area (Å²) in [5.41, 5.74) is 5.28. The standard InChI is InChI=1S/C28H24N2O2S2/c1-18(31)17-24(19-9-8-11-21-28(19)34-25-14-5-2-10-20(25)29-21)32-30-22-12-3-6-15-26(22)33-27-16-7-4-13-23(27)30/h2-16,18,24,29,31H,17H2,1H3. The molecule has 2 unspecified atom stereocenters. The first-order chi connectivity index (χ1) is 16.7. The molecule has 4 aromatic rings. The largest absolute Gasteiger partial charge is 0.393 e. The highest BCUT2D eigenvalue weighted by Gasteiger charge is 2.30. The number of hydrogen-bond donors (Lipinski definition) is 2. The maximum Gasteiger partial charge on any atom is 0.115 e. The molecular weight excluding hydrogens is 460 g/mol. The zero-order valence-electron chi connectivity index (χ0n) is 18.6. The van der Waals surface area contributed by atoms with Gasteiger partial charge in [0.2, 0.25) is 0 Å². The van der Waals surface area contributed by atoms with Gasteiger partial charge in [0.05, 0.1) is 28.9 Å². The molecule has 2 atom stereocenters. The summed E-state index contributed by atoms with van der Waals surface area (Å²) < 4.78 is 0. The molecule has 170 valence electrons. The minimum Gasteiger partial charge on any atom is -0.393 e. The first kappa shape index (κ1) is 21.6. The Morgan fingerprint density at radius 2 is 1.38 bits per heavy atom. The molecule has 0 saturated carbocycles. The molecule has 0 bridgehead atoms. The number of benzene rings is 4. The van der Waals surface area contributed by atoms with Gasteiger partial charge in [0.25, 0.3) is 0 Å². The van der Waals surface area contributed by atoms with Crippen molar-refractivity contribution in [2.24, 2.45) is 0 Å². The molecule has 4 nitrogen and oxygen atoms in total. The molecule has 0 radical (unpaired) electrons. The van der Waals surface area contributed by atoms with Crippen LogP contribution < -0.4 is 10.4 Å². The summed E-state index contributed by atoms with van der Waals surface area (Å²) in [5.74, 6) is 0. The van der Waals surface area contributed by atoms with E-state index in [4.69, 9.17) is 4.84 Å². The Kier molecular flexibility index (Phi) is 5.75. The van der Waals surface area contributed by atoms with Gasteiger partial charge in [0.1, 0.15) is 6.10 Å². The Morgan fingerprint density at radius 3 is 2.09 bits per heavy atom. The maximum atomic E-state index is 10.4. The summed E-state index contributed by atoms with van der Waals surface area (Å²) in [4.78, 5) is 11.4. The molecule has 2 N–H and O–H groups in total. The van der Waals surface area contributed by atoms with E-state index in [9.17, 15) is 5.11 Å². The number of nitrogens with one attached hydrogen (secondary N) is 1. The average molecular weight is 485 g/mol. The third-order valence-corrected chi connectivity index (χ3v) is 8.30. The van der Waals surface area contributed by atoms with Crippen molar-refractivity contribution in [1.29, 1.82) is 0 Å². The molecule has 0 fully saturated rings. The predicted molar refractivity (Wildman–Crippen MR) is 140 cm³/mol. The Hall–Kier alpha value is -2.90. The van der Waals surface area contributed by atoms with Gasteiger partial charge in [-0.2, -0.15) is 0 Å². The Bertz CT molecular complexity index is 1310. The van der Waals surface area contributed by atoms with Crippen LogP contribution in [0.15, 0.2) is 111 Å². The number of para-hydroxylation sites is 3. The van der Waals surface area contributed by atoms with Crippen molar-refractivity contribution in [3.05, 3.63) is 96.6 Å². The van der Waals surface area contributed by atoms with Crippen LogP contribution in [0, 0.1) is 0 Å². The van der Waals surface area contributed by atoms with E-state index >= 15 is 0 Å². The van der Waals surface area contributed by atoms with E-state index in [0.29, 0.717) is 6.42 Å².